The first-order valence-electron chi connectivity index (χ1n) is 35.9. The average molecular weight is 1580 g/mol. The van der Waals surface area contributed by atoms with Crippen LogP contribution < -0.4 is 0 Å². The predicted octanol–water partition coefficient (Wildman–Crippen LogP) is 25.2. The van der Waals surface area contributed by atoms with Gasteiger partial charge in [-0.1, -0.05) is 244 Å². The second-order valence-corrected chi connectivity index (χ2v) is 26.4. The molecule has 0 atom stereocenters. The minimum atomic E-state index is 0. The molecule has 0 bridgehead atoms. The van der Waals surface area contributed by atoms with E-state index in [1.54, 1.807) is 0 Å². The molecule has 0 saturated heterocycles. The Hall–Kier alpha value is -13.2. The Kier molecular flexibility index (Phi) is 21.0. The maximum atomic E-state index is 5.07. The SMILES string of the molecule is [Rh+3].[Rh+3].[c-]1cc(-c2ccccc2-c2cc(-c3ccccc3-c3c[c-]c(-c4ccccn4)cc3)cc(-c3ccccc3-c3c[c-]c(-c4ccccn4)cc3)c2)c[c-]c1-c1ncc(-c2ccccc2-c2cc(-c3ccccc3-c3c[c-]c(-c4ccccn4)cc3)cc(-c3ccccc3-c3c[c-]c(-c4ccccn4)cc3)c2)cn1. The van der Waals surface area contributed by atoms with Crippen molar-refractivity contribution < 1.29 is 39.0 Å². The number of hydrogen-bond donors (Lipinski definition) is 0. The van der Waals surface area contributed by atoms with E-state index in [9.17, 15) is 0 Å². The summed E-state index contributed by atoms with van der Waals surface area (Å²) in [5.41, 5.74) is 33.3. The molecule has 5 heterocycles. The largest absolute Gasteiger partial charge is 3.00 e. The number of nitrogens with zero attached hydrogens (tertiary/aromatic N) is 6. The van der Waals surface area contributed by atoms with E-state index < -0.39 is 0 Å². The minimum Gasteiger partial charge on any atom is -0.332 e. The summed E-state index contributed by atoms with van der Waals surface area (Å²) in [7, 11) is 0. The first kappa shape index (κ1) is 71.1. The molecule has 0 aliphatic heterocycles. The van der Waals surface area contributed by atoms with Crippen LogP contribution in [0, 0.1) is 36.4 Å². The number of pyridine rings is 4. The van der Waals surface area contributed by atoms with Gasteiger partial charge in [-0.2, -0.15) is 5.56 Å². The van der Waals surface area contributed by atoms with E-state index in [-0.39, 0.29) is 39.0 Å². The summed E-state index contributed by atoms with van der Waals surface area (Å²) >= 11 is 0. The number of benzene rings is 13. The van der Waals surface area contributed by atoms with Gasteiger partial charge < -0.3 is 29.9 Å². The van der Waals surface area contributed by atoms with Gasteiger partial charge in [0.2, 0.25) is 0 Å². The molecule has 518 valence electrons. The molecule has 0 unspecified atom stereocenters. The topological polar surface area (TPSA) is 77.3 Å². The zero-order chi connectivity index (χ0) is 72.0. The third kappa shape index (κ3) is 14.9. The fraction of sp³-hybridized carbons (Fsp3) is 0. The van der Waals surface area contributed by atoms with Gasteiger partial charge in [-0.25, -0.2) is 17.7 Å². The van der Waals surface area contributed by atoms with Crippen molar-refractivity contribution in [1.82, 2.24) is 29.9 Å². The Balaban J connectivity index is 0.00000460. The van der Waals surface area contributed by atoms with Crippen LogP contribution in [0.4, 0.5) is 0 Å². The number of aromatic nitrogens is 6. The zero-order valence-corrected chi connectivity index (χ0v) is 62.4. The first-order valence-corrected chi connectivity index (χ1v) is 35.9. The van der Waals surface area contributed by atoms with Crippen LogP contribution in [-0.4, -0.2) is 29.9 Å². The molecule has 8 heteroatoms. The predicted molar refractivity (Wildman–Crippen MR) is 439 cm³/mol. The molecule has 5 aromatic heterocycles. The monoisotopic (exact) mass is 1580 g/mol. The van der Waals surface area contributed by atoms with Crippen molar-refractivity contribution in [3.05, 3.63) is 413 Å². The normalized spacial score (nSPS) is 10.9. The Bertz CT molecular complexity index is 5550. The van der Waals surface area contributed by atoms with Gasteiger partial charge in [0.15, 0.2) is 0 Å². The average Bonchev–Trinajstić information content (AvgIpc) is 0.771. The Morgan fingerprint density at radius 2 is 0.382 bits per heavy atom. The zero-order valence-electron chi connectivity index (χ0n) is 59.1. The van der Waals surface area contributed by atoms with Crippen LogP contribution in [0.1, 0.15) is 0 Å². The van der Waals surface area contributed by atoms with Crippen LogP contribution in [0.2, 0.25) is 0 Å². The maximum absolute atomic E-state index is 5.07. The van der Waals surface area contributed by atoms with E-state index in [0.717, 1.165) is 179 Å². The molecular weight excluding hydrogens is 1510 g/mol. The van der Waals surface area contributed by atoms with E-state index in [4.69, 9.17) is 9.97 Å². The maximum Gasteiger partial charge on any atom is 3.00 e. The third-order valence-corrected chi connectivity index (χ3v) is 19.8. The Morgan fingerprint density at radius 1 is 0.173 bits per heavy atom. The van der Waals surface area contributed by atoms with E-state index >= 15 is 0 Å². The summed E-state index contributed by atoms with van der Waals surface area (Å²) in [5.74, 6) is 0.520. The molecule has 0 spiro atoms. The summed E-state index contributed by atoms with van der Waals surface area (Å²) in [6, 6.07) is 140. The van der Waals surface area contributed by atoms with Gasteiger partial charge >= 0.3 is 39.0 Å². The van der Waals surface area contributed by atoms with Gasteiger partial charge in [-0.3, -0.25) is 12.1 Å². The van der Waals surface area contributed by atoms with Crippen molar-refractivity contribution in [3.8, 4) is 190 Å². The van der Waals surface area contributed by atoms with Gasteiger partial charge in [0.1, 0.15) is 0 Å². The summed E-state index contributed by atoms with van der Waals surface area (Å²) < 4.78 is 0. The molecule has 110 heavy (non-hydrogen) atoms. The van der Waals surface area contributed by atoms with Gasteiger partial charge in [0.05, 0.1) is 0 Å². The van der Waals surface area contributed by atoms with Crippen LogP contribution >= 0.6 is 0 Å². The fourth-order valence-corrected chi connectivity index (χ4v) is 14.5. The van der Waals surface area contributed by atoms with Crippen molar-refractivity contribution >= 4 is 0 Å². The van der Waals surface area contributed by atoms with Gasteiger partial charge in [-0.05, 0) is 162 Å². The van der Waals surface area contributed by atoms with E-state index in [0.29, 0.717) is 11.4 Å². The molecule has 0 aliphatic rings. The number of rotatable bonds is 17. The second-order valence-electron chi connectivity index (χ2n) is 26.4. The fourth-order valence-electron chi connectivity index (χ4n) is 14.5. The molecule has 0 N–H and O–H groups in total. The quantitative estimate of drug-likeness (QED) is 0.0668. The van der Waals surface area contributed by atoms with Crippen molar-refractivity contribution in [3.63, 3.8) is 0 Å². The number of hydrogen-bond acceptors (Lipinski definition) is 6. The minimum absolute atomic E-state index is 0. The molecule has 18 rings (SSSR count). The summed E-state index contributed by atoms with van der Waals surface area (Å²) in [4.78, 5) is 28.6. The van der Waals surface area contributed by atoms with Crippen LogP contribution in [0.25, 0.3) is 190 Å². The molecule has 0 amide bonds. The molecule has 0 fully saturated rings. The smallest absolute Gasteiger partial charge is 0.332 e. The Labute approximate surface area is 666 Å². The molecule has 18 aromatic rings. The van der Waals surface area contributed by atoms with Gasteiger partial charge in [-0.15, -0.1) is 119 Å². The first-order chi connectivity index (χ1) is 53.5. The van der Waals surface area contributed by atoms with E-state index in [1.165, 1.54) is 0 Å². The Morgan fingerprint density at radius 3 is 0.600 bits per heavy atom. The van der Waals surface area contributed by atoms with Crippen LogP contribution in [0.15, 0.2) is 377 Å². The molecular formula is C102H62N6Rh2. The van der Waals surface area contributed by atoms with Crippen molar-refractivity contribution in [2.75, 3.05) is 0 Å². The van der Waals surface area contributed by atoms with Crippen molar-refractivity contribution in [2.24, 2.45) is 0 Å². The van der Waals surface area contributed by atoms with Crippen LogP contribution in [0.3, 0.4) is 0 Å². The summed E-state index contributed by atoms with van der Waals surface area (Å²) in [6.45, 7) is 0. The van der Waals surface area contributed by atoms with Crippen LogP contribution in [-0.2, 0) is 39.0 Å². The molecule has 13 aromatic carbocycles. The van der Waals surface area contributed by atoms with Crippen molar-refractivity contribution in [1.29, 1.82) is 0 Å². The molecule has 6 nitrogen and oxygen atoms in total. The standard InChI is InChI=1S/C102H62N6.2Rh/c1-6-26-91(86(21-1)69-37-47-74(48-38-69)98-33-13-17-57-103-98)79-61-80(92-27-7-2-22-87(92)70-39-49-75(50-40-70)99-34-14-18-58-104-99)63-81(62-79)95-30-10-5-25-90(95)73-45-55-78(56-46-73)102-107-67-85(68-108-102)97-32-12-11-31-96(97)84-65-82(93-28-8-3-23-88(93)71-41-51-76(52-42-71)100-35-15-19-59-105-100)64-83(66-84)94-29-9-4-24-89(94)72-43-53-77(54-44-72)101-36-16-20-60-106-101;;/h1-47,49,51,53,57-68H;;/q-6;2*+3. The van der Waals surface area contributed by atoms with Gasteiger partial charge in [0, 0.05) is 42.7 Å². The van der Waals surface area contributed by atoms with E-state index in [1.807, 2.05) is 122 Å². The summed E-state index contributed by atoms with van der Waals surface area (Å²) in [5, 5.41) is 0. The van der Waals surface area contributed by atoms with Gasteiger partial charge in [0.25, 0.3) is 0 Å². The van der Waals surface area contributed by atoms with E-state index in [2.05, 4.69) is 311 Å². The second kappa shape index (κ2) is 32.5. The van der Waals surface area contributed by atoms with Crippen molar-refractivity contribution in [2.45, 2.75) is 0 Å². The molecule has 0 radical (unpaired) electrons. The molecule has 0 saturated carbocycles. The molecule has 0 aliphatic carbocycles. The third-order valence-electron chi connectivity index (χ3n) is 19.8. The van der Waals surface area contributed by atoms with Crippen LogP contribution in [0.5, 0.6) is 0 Å². The summed E-state index contributed by atoms with van der Waals surface area (Å²) in [6.07, 6.45) is 11.1.